The molecule has 0 aliphatic rings. The van der Waals surface area contributed by atoms with E-state index >= 15 is 0 Å². The minimum Gasteiger partial charge on any atom is -0.256 e. The molecular formula is C19H12F3N3S2. The second-order valence-electron chi connectivity index (χ2n) is 5.72. The summed E-state index contributed by atoms with van der Waals surface area (Å²) in [5.41, 5.74) is 1.21. The highest BCUT2D eigenvalue weighted by Crippen LogP contribution is 2.34. The van der Waals surface area contributed by atoms with E-state index in [0.29, 0.717) is 10.6 Å². The van der Waals surface area contributed by atoms with Gasteiger partial charge in [-0.05, 0) is 41.3 Å². The molecule has 0 saturated carbocycles. The summed E-state index contributed by atoms with van der Waals surface area (Å²) < 4.78 is 39.7. The topological polar surface area (TPSA) is 38.7 Å². The number of aromatic nitrogens is 3. The fourth-order valence-electron chi connectivity index (χ4n) is 2.55. The Morgan fingerprint density at radius 3 is 2.67 bits per heavy atom. The average Bonchev–Trinajstić information content (AvgIpc) is 3.20. The third-order valence-corrected chi connectivity index (χ3v) is 5.62. The molecule has 1 aromatic carbocycles. The van der Waals surface area contributed by atoms with Crippen molar-refractivity contribution >= 4 is 34.0 Å². The van der Waals surface area contributed by atoms with Crippen molar-refractivity contribution in [1.82, 2.24) is 15.0 Å². The Kier molecular flexibility index (Phi) is 4.84. The van der Waals surface area contributed by atoms with Gasteiger partial charge in [-0.25, -0.2) is 9.97 Å². The van der Waals surface area contributed by atoms with Crippen LogP contribution < -0.4 is 0 Å². The van der Waals surface area contributed by atoms with Gasteiger partial charge >= 0.3 is 6.18 Å². The van der Waals surface area contributed by atoms with Gasteiger partial charge in [0.05, 0.1) is 16.1 Å². The highest BCUT2D eigenvalue weighted by molar-refractivity contribution is 7.98. The van der Waals surface area contributed by atoms with Crippen molar-refractivity contribution < 1.29 is 13.2 Å². The lowest BCUT2D eigenvalue weighted by Gasteiger charge is -2.10. The Hall–Kier alpha value is -2.45. The van der Waals surface area contributed by atoms with Crippen LogP contribution in [-0.4, -0.2) is 15.0 Å². The Bertz CT molecular complexity index is 1080. The van der Waals surface area contributed by atoms with Gasteiger partial charge in [0.2, 0.25) is 0 Å². The van der Waals surface area contributed by atoms with Crippen molar-refractivity contribution in [2.24, 2.45) is 0 Å². The van der Waals surface area contributed by atoms with Gasteiger partial charge in [0, 0.05) is 17.3 Å². The molecule has 0 atom stereocenters. The molecule has 0 radical (unpaired) electrons. The van der Waals surface area contributed by atoms with Gasteiger partial charge in [0.25, 0.3) is 0 Å². The molecule has 8 heteroatoms. The summed E-state index contributed by atoms with van der Waals surface area (Å²) >= 11 is 2.53. The molecule has 0 amide bonds. The number of hydrogen-bond donors (Lipinski definition) is 0. The van der Waals surface area contributed by atoms with E-state index in [4.69, 9.17) is 0 Å². The van der Waals surface area contributed by atoms with E-state index in [1.54, 1.807) is 23.7 Å². The van der Waals surface area contributed by atoms with Crippen molar-refractivity contribution in [2.75, 3.05) is 0 Å². The number of pyridine rings is 1. The van der Waals surface area contributed by atoms with Gasteiger partial charge < -0.3 is 0 Å². The molecular weight excluding hydrogens is 391 g/mol. The second-order valence-corrected chi connectivity index (χ2v) is 7.61. The summed E-state index contributed by atoms with van der Waals surface area (Å²) in [6, 6.07) is 14.1. The van der Waals surface area contributed by atoms with Crippen LogP contribution in [0.2, 0.25) is 0 Å². The first-order valence-electron chi connectivity index (χ1n) is 7.96. The van der Waals surface area contributed by atoms with Crippen LogP contribution in [-0.2, 0) is 11.9 Å². The lowest BCUT2D eigenvalue weighted by Crippen LogP contribution is -2.10. The van der Waals surface area contributed by atoms with Crippen molar-refractivity contribution in [3.8, 4) is 10.6 Å². The molecule has 0 N–H and O–H groups in total. The summed E-state index contributed by atoms with van der Waals surface area (Å²) in [4.78, 5) is 13.0. The SMILES string of the molecule is FC(F)(F)c1cc(-c2cccs2)nc(SCc2ccc3ncccc3c2)n1. The molecule has 0 saturated heterocycles. The first-order chi connectivity index (χ1) is 13.0. The Morgan fingerprint density at radius 2 is 1.89 bits per heavy atom. The van der Waals surface area contributed by atoms with E-state index in [9.17, 15) is 13.2 Å². The monoisotopic (exact) mass is 403 g/mol. The molecule has 0 aliphatic heterocycles. The number of benzene rings is 1. The first kappa shape index (κ1) is 17.9. The molecule has 0 spiro atoms. The number of thioether (sulfide) groups is 1. The fourth-order valence-corrected chi connectivity index (χ4v) is 4.04. The molecule has 0 aliphatic carbocycles. The number of thiophene rings is 1. The predicted molar refractivity (Wildman–Crippen MR) is 102 cm³/mol. The first-order valence-corrected chi connectivity index (χ1v) is 9.82. The molecule has 3 heterocycles. The molecule has 27 heavy (non-hydrogen) atoms. The Labute approximate surface area is 161 Å². The van der Waals surface area contributed by atoms with Crippen molar-refractivity contribution in [3.63, 3.8) is 0 Å². The van der Waals surface area contributed by atoms with Crippen LogP contribution in [0.4, 0.5) is 13.2 Å². The summed E-state index contributed by atoms with van der Waals surface area (Å²) in [6.07, 6.45) is -2.79. The maximum atomic E-state index is 13.2. The molecule has 3 aromatic heterocycles. The van der Waals surface area contributed by atoms with Gasteiger partial charge in [0.15, 0.2) is 5.16 Å². The van der Waals surface area contributed by atoms with E-state index in [1.165, 1.54) is 23.1 Å². The minimum absolute atomic E-state index is 0.111. The quantitative estimate of drug-likeness (QED) is 0.306. The van der Waals surface area contributed by atoms with Crippen LogP contribution >= 0.6 is 23.1 Å². The van der Waals surface area contributed by atoms with E-state index in [2.05, 4.69) is 15.0 Å². The zero-order valence-electron chi connectivity index (χ0n) is 13.8. The highest BCUT2D eigenvalue weighted by atomic mass is 32.2. The van der Waals surface area contributed by atoms with Crippen LogP contribution in [0.15, 0.2) is 65.3 Å². The summed E-state index contributed by atoms with van der Waals surface area (Å²) in [5.74, 6) is 0.468. The normalized spacial score (nSPS) is 11.8. The fraction of sp³-hybridized carbons (Fsp3) is 0.105. The summed E-state index contributed by atoms with van der Waals surface area (Å²) in [5, 5.41) is 2.90. The average molecular weight is 403 g/mol. The van der Waals surface area contributed by atoms with E-state index in [0.717, 1.165) is 22.5 Å². The standard InChI is InChI=1S/C19H12F3N3S2/c20-19(21,22)17-10-15(16-4-2-8-26-16)24-18(25-17)27-11-12-5-6-14-13(9-12)3-1-7-23-14/h1-10H,11H2. The highest BCUT2D eigenvalue weighted by Gasteiger charge is 2.34. The number of nitrogens with zero attached hydrogens (tertiary/aromatic N) is 3. The van der Waals surface area contributed by atoms with E-state index in [-0.39, 0.29) is 10.9 Å². The number of rotatable bonds is 4. The summed E-state index contributed by atoms with van der Waals surface area (Å²) in [7, 11) is 0. The van der Waals surface area contributed by atoms with E-state index in [1.807, 2.05) is 30.3 Å². The maximum Gasteiger partial charge on any atom is 0.433 e. The van der Waals surface area contributed by atoms with Gasteiger partial charge in [-0.2, -0.15) is 13.2 Å². The lowest BCUT2D eigenvalue weighted by molar-refractivity contribution is -0.141. The Morgan fingerprint density at radius 1 is 1.00 bits per heavy atom. The predicted octanol–water partition coefficient (Wildman–Crippen LogP) is 6.06. The van der Waals surface area contributed by atoms with Crippen LogP contribution in [0.25, 0.3) is 21.5 Å². The molecule has 0 bridgehead atoms. The van der Waals surface area contributed by atoms with Gasteiger partial charge in [-0.15, -0.1) is 11.3 Å². The molecule has 136 valence electrons. The van der Waals surface area contributed by atoms with Crippen molar-refractivity contribution in [2.45, 2.75) is 17.1 Å². The molecule has 4 aromatic rings. The van der Waals surface area contributed by atoms with Gasteiger partial charge in [-0.3, -0.25) is 4.98 Å². The van der Waals surface area contributed by atoms with Crippen LogP contribution in [0.5, 0.6) is 0 Å². The van der Waals surface area contributed by atoms with Crippen LogP contribution in [0.1, 0.15) is 11.3 Å². The number of fused-ring (bicyclic) bond motifs is 1. The third kappa shape index (κ3) is 4.12. The van der Waals surface area contributed by atoms with Gasteiger partial charge in [0.1, 0.15) is 5.69 Å². The van der Waals surface area contributed by atoms with Crippen molar-refractivity contribution in [1.29, 1.82) is 0 Å². The maximum absolute atomic E-state index is 13.2. The van der Waals surface area contributed by atoms with Crippen LogP contribution in [0, 0.1) is 0 Å². The Balaban J connectivity index is 1.63. The van der Waals surface area contributed by atoms with Crippen molar-refractivity contribution in [3.05, 3.63) is 71.4 Å². The molecule has 3 nitrogen and oxygen atoms in total. The smallest absolute Gasteiger partial charge is 0.256 e. The lowest BCUT2D eigenvalue weighted by atomic mass is 10.1. The zero-order chi connectivity index (χ0) is 18.9. The van der Waals surface area contributed by atoms with Crippen LogP contribution in [0.3, 0.4) is 0 Å². The summed E-state index contributed by atoms with van der Waals surface area (Å²) in [6.45, 7) is 0. The largest absolute Gasteiger partial charge is 0.433 e. The molecule has 0 fully saturated rings. The number of alkyl halides is 3. The second kappa shape index (κ2) is 7.28. The molecule has 4 rings (SSSR count). The zero-order valence-corrected chi connectivity index (χ0v) is 15.4. The number of hydrogen-bond acceptors (Lipinski definition) is 5. The number of halogens is 3. The van der Waals surface area contributed by atoms with Gasteiger partial charge in [-0.1, -0.05) is 30.0 Å². The third-order valence-electron chi connectivity index (χ3n) is 3.81. The van der Waals surface area contributed by atoms with E-state index < -0.39 is 11.9 Å². The minimum atomic E-state index is -4.52. The molecule has 0 unspecified atom stereocenters.